The summed E-state index contributed by atoms with van der Waals surface area (Å²) in [5.74, 6) is -3.94. The maximum atomic E-state index is 14.9. The summed E-state index contributed by atoms with van der Waals surface area (Å²) in [6.45, 7) is 4.72. The summed E-state index contributed by atoms with van der Waals surface area (Å²) in [5.41, 5.74) is 1.27. The van der Waals surface area contributed by atoms with Crippen LogP contribution in [-0.2, 0) is 0 Å². The minimum Gasteiger partial charge on any atom is -0.304 e. The van der Waals surface area contributed by atoms with E-state index >= 15 is 0 Å². The average molecular weight is 357 g/mol. The summed E-state index contributed by atoms with van der Waals surface area (Å²) >= 11 is 0. The van der Waals surface area contributed by atoms with Crippen LogP contribution >= 0.6 is 0 Å². The zero-order valence-corrected chi connectivity index (χ0v) is 14.4. The maximum absolute atomic E-state index is 14.9. The summed E-state index contributed by atoms with van der Waals surface area (Å²) in [7, 11) is 0. The molecule has 132 valence electrons. The summed E-state index contributed by atoms with van der Waals surface area (Å²) in [6, 6.07) is 9.78. The number of benzene rings is 3. The van der Waals surface area contributed by atoms with Crippen LogP contribution in [0.15, 0.2) is 36.4 Å². The van der Waals surface area contributed by atoms with Crippen molar-refractivity contribution in [1.82, 2.24) is 4.57 Å². The molecule has 1 nitrogen and oxygen atoms in total. The van der Waals surface area contributed by atoms with Crippen LogP contribution in [0.2, 0.25) is 0 Å². The summed E-state index contributed by atoms with van der Waals surface area (Å²) in [5, 5.41) is 0.108. The molecule has 0 atom stereocenters. The zero-order valence-electron chi connectivity index (χ0n) is 14.4. The molecule has 5 heteroatoms. The van der Waals surface area contributed by atoms with E-state index in [1.165, 1.54) is 17.6 Å². The Labute approximate surface area is 147 Å². The van der Waals surface area contributed by atoms with Crippen molar-refractivity contribution in [1.29, 1.82) is 0 Å². The largest absolute Gasteiger partial charge is 0.304 e. The molecule has 0 fully saturated rings. The van der Waals surface area contributed by atoms with E-state index < -0.39 is 28.8 Å². The molecule has 4 rings (SSSR count). The number of nitrogens with zero attached hydrogens (tertiary/aromatic N) is 1. The maximum Gasteiger partial charge on any atom is 0.183 e. The Morgan fingerprint density at radius 2 is 1.35 bits per heavy atom. The lowest BCUT2D eigenvalue weighted by Crippen LogP contribution is -2.01. The second kappa shape index (κ2) is 5.59. The molecular formula is C21H15F4N. The Morgan fingerprint density at radius 1 is 0.692 bits per heavy atom. The van der Waals surface area contributed by atoms with E-state index in [1.807, 2.05) is 6.92 Å². The van der Waals surface area contributed by atoms with Gasteiger partial charge in [-0.1, -0.05) is 17.7 Å². The smallest absolute Gasteiger partial charge is 0.183 e. The van der Waals surface area contributed by atoms with E-state index in [1.54, 1.807) is 37.3 Å². The minimum atomic E-state index is -1.26. The second-order valence-corrected chi connectivity index (χ2v) is 6.60. The number of hydrogen-bond donors (Lipinski definition) is 0. The molecule has 26 heavy (non-hydrogen) atoms. The number of rotatable bonds is 1. The fourth-order valence-electron chi connectivity index (χ4n) is 3.44. The van der Waals surface area contributed by atoms with Crippen molar-refractivity contribution < 1.29 is 17.6 Å². The number of aryl methyl sites for hydroxylation is 2. The predicted molar refractivity (Wildman–Crippen MR) is 94.8 cm³/mol. The van der Waals surface area contributed by atoms with Gasteiger partial charge in [0.15, 0.2) is 11.6 Å². The molecule has 0 bridgehead atoms. The van der Waals surface area contributed by atoms with Gasteiger partial charge in [-0.15, -0.1) is 0 Å². The van der Waals surface area contributed by atoms with Gasteiger partial charge in [0, 0.05) is 22.0 Å². The van der Waals surface area contributed by atoms with Gasteiger partial charge in [0.2, 0.25) is 0 Å². The minimum absolute atomic E-state index is 0.0252. The number of hydrogen-bond acceptors (Lipinski definition) is 0. The first-order chi connectivity index (χ1) is 12.3. The van der Waals surface area contributed by atoms with Gasteiger partial charge in [-0.3, -0.25) is 0 Å². The molecule has 4 aromatic rings. The Bertz CT molecular complexity index is 1190. The number of fused-ring (bicyclic) bond motifs is 3. The van der Waals surface area contributed by atoms with Crippen LogP contribution in [0.5, 0.6) is 0 Å². The molecule has 0 saturated heterocycles. The Morgan fingerprint density at radius 3 is 2.00 bits per heavy atom. The molecule has 0 amide bonds. The van der Waals surface area contributed by atoms with E-state index in [0.29, 0.717) is 11.3 Å². The van der Waals surface area contributed by atoms with Crippen molar-refractivity contribution in [3.05, 3.63) is 76.4 Å². The van der Waals surface area contributed by atoms with Crippen LogP contribution in [0.25, 0.3) is 27.5 Å². The standard InChI is InChI=1S/C21H15F4N/c1-10-4-6-13(7-5-10)26-20-14(8-11(2)9-15(20)22)16-17(23)12(3)18(24)19(25)21(16)26/h4-9H,1-3H3. The third kappa shape index (κ3) is 2.16. The van der Waals surface area contributed by atoms with Gasteiger partial charge in [-0.2, -0.15) is 0 Å². The third-order valence-electron chi connectivity index (χ3n) is 4.73. The van der Waals surface area contributed by atoms with Gasteiger partial charge in [0.1, 0.15) is 11.6 Å². The highest BCUT2D eigenvalue weighted by Crippen LogP contribution is 2.39. The Kier molecular flexibility index (Phi) is 3.58. The molecule has 0 aliphatic rings. The molecule has 0 aliphatic heterocycles. The highest BCUT2D eigenvalue weighted by atomic mass is 19.2. The first kappa shape index (κ1) is 16.6. The van der Waals surface area contributed by atoms with Crippen molar-refractivity contribution in [3.63, 3.8) is 0 Å². The van der Waals surface area contributed by atoms with E-state index in [2.05, 4.69) is 0 Å². The van der Waals surface area contributed by atoms with Crippen molar-refractivity contribution in [2.45, 2.75) is 20.8 Å². The first-order valence-electron chi connectivity index (χ1n) is 8.15. The molecule has 1 aromatic heterocycles. The van der Waals surface area contributed by atoms with Crippen LogP contribution < -0.4 is 0 Å². The lowest BCUT2D eigenvalue weighted by molar-refractivity contribution is 0.495. The normalized spacial score (nSPS) is 11.7. The van der Waals surface area contributed by atoms with Gasteiger partial charge in [-0.05, 0) is 50.6 Å². The van der Waals surface area contributed by atoms with E-state index in [0.717, 1.165) is 5.56 Å². The fraction of sp³-hybridized carbons (Fsp3) is 0.143. The third-order valence-corrected chi connectivity index (χ3v) is 4.73. The molecule has 0 unspecified atom stereocenters. The second-order valence-electron chi connectivity index (χ2n) is 6.60. The summed E-state index contributed by atoms with van der Waals surface area (Å²) in [4.78, 5) is 0. The van der Waals surface area contributed by atoms with E-state index in [-0.39, 0.29) is 21.8 Å². The van der Waals surface area contributed by atoms with Crippen LogP contribution in [-0.4, -0.2) is 4.57 Å². The van der Waals surface area contributed by atoms with E-state index in [9.17, 15) is 17.6 Å². The van der Waals surface area contributed by atoms with Gasteiger partial charge in [0.25, 0.3) is 0 Å². The predicted octanol–water partition coefficient (Wildman–Crippen LogP) is 6.27. The summed E-state index contributed by atoms with van der Waals surface area (Å²) < 4.78 is 60.1. The first-order valence-corrected chi connectivity index (χ1v) is 8.15. The monoisotopic (exact) mass is 357 g/mol. The molecule has 3 aromatic carbocycles. The van der Waals surface area contributed by atoms with Gasteiger partial charge < -0.3 is 4.57 Å². The number of aromatic nitrogens is 1. The van der Waals surface area contributed by atoms with Gasteiger partial charge in [-0.25, -0.2) is 17.6 Å². The molecule has 0 radical (unpaired) electrons. The topological polar surface area (TPSA) is 4.93 Å². The Hall–Kier alpha value is -2.82. The highest BCUT2D eigenvalue weighted by molar-refractivity contribution is 6.10. The molecule has 0 aliphatic carbocycles. The average Bonchev–Trinajstić information content (AvgIpc) is 2.94. The molecular weight excluding hydrogens is 342 g/mol. The quantitative estimate of drug-likeness (QED) is 0.280. The van der Waals surface area contributed by atoms with Crippen molar-refractivity contribution >= 4 is 21.8 Å². The molecule has 1 heterocycles. The highest BCUT2D eigenvalue weighted by Gasteiger charge is 2.26. The molecule has 0 N–H and O–H groups in total. The summed E-state index contributed by atoms with van der Waals surface area (Å²) in [6.07, 6.45) is 0. The SMILES string of the molecule is Cc1ccc(-n2c3c(F)cc(C)cc3c3c(F)c(C)c(F)c(F)c32)cc1. The van der Waals surface area contributed by atoms with Crippen LogP contribution in [0.3, 0.4) is 0 Å². The molecule has 0 spiro atoms. The van der Waals surface area contributed by atoms with Crippen LogP contribution in [0.4, 0.5) is 17.6 Å². The lowest BCUT2D eigenvalue weighted by atomic mass is 10.1. The van der Waals surface area contributed by atoms with Crippen LogP contribution in [0, 0.1) is 44.0 Å². The van der Waals surface area contributed by atoms with Gasteiger partial charge in [0.05, 0.1) is 11.0 Å². The fourth-order valence-corrected chi connectivity index (χ4v) is 3.44. The zero-order chi connectivity index (χ0) is 18.7. The Balaban J connectivity index is 2.34. The van der Waals surface area contributed by atoms with Gasteiger partial charge >= 0.3 is 0 Å². The van der Waals surface area contributed by atoms with Crippen molar-refractivity contribution in [2.75, 3.05) is 0 Å². The van der Waals surface area contributed by atoms with Crippen molar-refractivity contribution in [2.24, 2.45) is 0 Å². The van der Waals surface area contributed by atoms with E-state index in [4.69, 9.17) is 0 Å². The molecule has 0 saturated carbocycles. The number of halogens is 4. The van der Waals surface area contributed by atoms with Crippen LogP contribution in [0.1, 0.15) is 16.7 Å². The lowest BCUT2D eigenvalue weighted by Gasteiger charge is -2.10. The van der Waals surface area contributed by atoms with Crippen molar-refractivity contribution in [3.8, 4) is 5.69 Å².